The van der Waals surface area contributed by atoms with Crippen LogP contribution in [0.25, 0.3) is 5.65 Å². The Morgan fingerprint density at radius 1 is 1.55 bits per heavy atom. The molecular weight excluding hydrogens is 258 g/mol. The standard InChI is InChI=1S/C14H17N3O3/c1-3-9-6-11-15-7-10(13(18)19)12(17(11)16-9)14(4-5-14)8-20-2/h6-7H,3-5,8H2,1-2H3,(H,18,19). The van der Waals surface area contributed by atoms with E-state index in [0.717, 1.165) is 30.7 Å². The van der Waals surface area contributed by atoms with Crippen LogP contribution in [0.3, 0.4) is 0 Å². The number of hydrogen-bond donors (Lipinski definition) is 1. The summed E-state index contributed by atoms with van der Waals surface area (Å²) in [4.78, 5) is 15.7. The first-order valence-electron chi connectivity index (χ1n) is 6.71. The lowest BCUT2D eigenvalue weighted by Crippen LogP contribution is -2.23. The Hall–Kier alpha value is -1.95. The first-order valence-corrected chi connectivity index (χ1v) is 6.71. The topological polar surface area (TPSA) is 76.7 Å². The smallest absolute Gasteiger partial charge is 0.339 e. The van der Waals surface area contributed by atoms with Gasteiger partial charge < -0.3 is 9.84 Å². The van der Waals surface area contributed by atoms with Crippen LogP contribution in [0.4, 0.5) is 0 Å². The molecule has 1 aliphatic carbocycles. The number of carboxylic acid groups (broad SMARTS) is 1. The van der Waals surface area contributed by atoms with E-state index < -0.39 is 5.97 Å². The van der Waals surface area contributed by atoms with Crippen LogP contribution in [0, 0.1) is 0 Å². The molecule has 3 rings (SSSR count). The van der Waals surface area contributed by atoms with Crippen LogP contribution in [-0.4, -0.2) is 39.4 Å². The lowest BCUT2D eigenvalue weighted by atomic mass is 9.99. The fraction of sp³-hybridized carbons (Fsp3) is 0.500. The lowest BCUT2D eigenvalue weighted by molar-refractivity contribution is 0.0691. The zero-order chi connectivity index (χ0) is 14.3. The van der Waals surface area contributed by atoms with E-state index >= 15 is 0 Å². The molecule has 2 heterocycles. The summed E-state index contributed by atoms with van der Waals surface area (Å²) in [6.45, 7) is 2.52. The van der Waals surface area contributed by atoms with E-state index in [2.05, 4.69) is 10.1 Å². The molecule has 1 N–H and O–H groups in total. The maximum Gasteiger partial charge on any atom is 0.339 e. The van der Waals surface area contributed by atoms with Crippen molar-refractivity contribution in [2.75, 3.05) is 13.7 Å². The second kappa shape index (κ2) is 4.56. The molecule has 1 aliphatic rings. The molecule has 2 aromatic heterocycles. The van der Waals surface area contributed by atoms with Crippen LogP contribution in [0.5, 0.6) is 0 Å². The lowest BCUT2D eigenvalue weighted by Gasteiger charge is -2.17. The summed E-state index contributed by atoms with van der Waals surface area (Å²) in [5.41, 5.74) is 2.31. The van der Waals surface area contributed by atoms with Crippen molar-refractivity contribution in [3.05, 3.63) is 29.2 Å². The van der Waals surface area contributed by atoms with E-state index in [-0.39, 0.29) is 11.0 Å². The molecule has 0 amide bonds. The molecule has 0 spiro atoms. The third kappa shape index (κ3) is 1.87. The molecule has 106 valence electrons. The molecule has 0 bridgehead atoms. The molecular formula is C14H17N3O3. The minimum Gasteiger partial charge on any atom is -0.478 e. The number of aromatic carboxylic acids is 1. The number of aromatic nitrogens is 3. The number of fused-ring (bicyclic) bond motifs is 1. The van der Waals surface area contributed by atoms with Gasteiger partial charge in [0.05, 0.1) is 18.0 Å². The van der Waals surface area contributed by atoms with E-state index in [4.69, 9.17) is 4.74 Å². The Morgan fingerprint density at radius 2 is 2.30 bits per heavy atom. The van der Waals surface area contributed by atoms with Crippen LogP contribution >= 0.6 is 0 Å². The van der Waals surface area contributed by atoms with E-state index in [0.29, 0.717) is 12.3 Å². The predicted octanol–water partition coefficient (Wildman–Crippen LogP) is 1.67. The third-order valence-corrected chi connectivity index (χ3v) is 3.90. The maximum atomic E-state index is 11.5. The highest BCUT2D eigenvalue weighted by atomic mass is 16.5. The quantitative estimate of drug-likeness (QED) is 0.898. The first kappa shape index (κ1) is 13.1. The molecule has 6 nitrogen and oxygen atoms in total. The van der Waals surface area contributed by atoms with Crippen molar-refractivity contribution in [3.63, 3.8) is 0 Å². The van der Waals surface area contributed by atoms with Crippen LogP contribution in [0.15, 0.2) is 12.3 Å². The molecule has 0 atom stereocenters. The Bertz CT molecular complexity index is 674. The van der Waals surface area contributed by atoms with Gasteiger partial charge in [0, 0.05) is 24.8 Å². The molecule has 1 fully saturated rings. The Labute approximate surface area is 116 Å². The summed E-state index contributed by atoms with van der Waals surface area (Å²) < 4.78 is 6.97. The van der Waals surface area contributed by atoms with Gasteiger partial charge in [0.15, 0.2) is 5.65 Å². The molecule has 0 aromatic carbocycles. The zero-order valence-corrected chi connectivity index (χ0v) is 11.6. The molecule has 1 saturated carbocycles. The Morgan fingerprint density at radius 3 is 2.85 bits per heavy atom. The van der Waals surface area contributed by atoms with E-state index in [9.17, 15) is 9.90 Å². The normalized spacial score (nSPS) is 16.5. The molecule has 0 radical (unpaired) electrons. The molecule has 6 heteroatoms. The van der Waals surface area contributed by atoms with Gasteiger partial charge in [0.2, 0.25) is 0 Å². The first-order chi connectivity index (χ1) is 9.61. The van der Waals surface area contributed by atoms with Crippen molar-refractivity contribution in [1.82, 2.24) is 14.6 Å². The van der Waals surface area contributed by atoms with Crippen LogP contribution in [0.2, 0.25) is 0 Å². The Kier molecular flexibility index (Phi) is 2.97. The number of nitrogens with zero attached hydrogens (tertiary/aromatic N) is 3. The average molecular weight is 275 g/mol. The number of ether oxygens (including phenoxy) is 1. The predicted molar refractivity (Wildman–Crippen MR) is 72.1 cm³/mol. The summed E-state index contributed by atoms with van der Waals surface area (Å²) in [5, 5.41) is 13.9. The number of carboxylic acids is 1. The van der Waals surface area contributed by atoms with E-state index in [1.165, 1.54) is 6.20 Å². The largest absolute Gasteiger partial charge is 0.478 e. The van der Waals surface area contributed by atoms with Crippen LogP contribution < -0.4 is 0 Å². The number of rotatable bonds is 5. The number of hydrogen-bond acceptors (Lipinski definition) is 4. The fourth-order valence-electron chi connectivity index (χ4n) is 2.70. The Balaban J connectivity index is 2.26. The van der Waals surface area contributed by atoms with E-state index in [1.807, 2.05) is 13.0 Å². The van der Waals surface area contributed by atoms with Gasteiger partial charge in [-0.05, 0) is 19.3 Å². The van der Waals surface area contributed by atoms with Crippen molar-refractivity contribution in [2.45, 2.75) is 31.6 Å². The van der Waals surface area contributed by atoms with Crippen molar-refractivity contribution in [3.8, 4) is 0 Å². The summed E-state index contributed by atoms with van der Waals surface area (Å²) in [6.07, 6.45) is 4.06. The van der Waals surface area contributed by atoms with Crippen LogP contribution in [-0.2, 0) is 16.6 Å². The van der Waals surface area contributed by atoms with Gasteiger partial charge in [-0.3, -0.25) is 0 Å². The van der Waals surface area contributed by atoms with Gasteiger partial charge in [0.25, 0.3) is 0 Å². The van der Waals surface area contributed by atoms with Gasteiger partial charge in [-0.15, -0.1) is 0 Å². The second-order valence-electron chi connectivity index (χ2n) is 5.30. The molecule has 2 aromatic rings. The van der Waals surface area contributed by atoms with Crippen molar-refractivity contribution < 1.29 is 14.6 Å². The van der Waals surface area contributed by atoms with Crippen molar-refractivity contribution >= 4 is 11.6 Å². The minimum absolute atomic E-state index is 0.220. The number of carbonyl (C=O) groups is 1. The highest BCUT2D eigenvalue weighted by Crippen LogP contribution is 2.49. The van der Waals surface area contributed by atoms with Gasteiger partial charge in [-0.2, -0.15) is 5.10 Å². The SMILES string of the molecule is CCc1cc2ncc(C(=O)O)c(C3(COC)CC3)n2n1. The second-order valence-corrected chi connectivity index (χ2v) is 5.30. The van der Waals surface area contributed by atoms with Crippen molar-refractivity contribution in [1.29, 1.82) is 0 Å². The highest BCUT2D eigenvalue weighted by molar-refractivity contribution is 5.89. The van der Waals surface area contributed by atoms with Gasteiger partial charge in [-0.1, -0.05) is 6.92 Å². The fourth-order valence-corrected chi connectivity index (χ4v) is 2.70. The summed E-state index contributed by atoms with van der Waals surface area (Å²) in [5.74, 6) is -0.967. The average Bonchev–Trinajstić information content (AvgIpc) is 3.07. The van der Waals surface area contributed by atoms with Gasteiger partial charge >= 0.3 is 5.97 Å². The molecule has 0 aliphatic heterocycles. The summed E-state index contributed by atoms with van der Waals surface area (Å²) >= 11 is 0. The number of methoxy groups -OCH3 is 1. The maximum absolute atomic E-state index is 11.5. The van der Waals surface area contributed by atoms with Crippen molar-refractivity contribution in [2.24, 2.45) is 0 Å². The minimum atomic E-state index is -0.967. The van der Waals surface area contributed by atoms with Crippen LogP contribution in [0.1, 0.15) is 41.5 Å². The summed E-state index contributed by atoms with van der Waals surface area (Å²) in [7, 11) is 1.64. The van der Waals surface area contributed by atoms with Gasteiger partial charge in [0.1, 0.15) is 5.56 Å². The monoisotopic (exact) mass is 275 g/mol. The molecule has 0 unspecified atom stereocenters. The molecule has 20 heavy (non-hydrogen) atoms. The van der Waals surface area contributed by atoms with Gasteiger partial charge in [-0.25, -0.2) is 14.3 Å². The zero-order valence-electron chi connectivity index (χ0n) is 11.6. The van der Waals surface area contributed by atoms with E-state index in [1.54, 1.807) is 11.6 Å². The molecule has 0 saturated heterocycles. The summed E-state index contributed by atoms with van der Waals surface area (Å²) in [6, 6.07) is 1.90. The highest BCUT2D eigenvalue weighted by Gasteiger charge is 2.49. The number of aryl methyl sites for hydroxylation is 1. The third-order valence-electron chi connectivity index (χ3n) is 3.90.